The number of ether oxygens (including phenoxy) is 3. The Morgan fingerprint density at radius 2 is 1.72 bits per heavy atom. The highest BCUT2D eigenvalue weighted by molar-refractivity contribution is 7.16. The minimum atomic E-state index is -0.453. The quantitative estimate of drug-likeness (QED) is 0.556. The lowest BCUT2D eigenvalue weighted by molar-refractivity contribution is -0.141. The van der Waals surface area contributed by atoms with Gasteiger partial charge in [-0.1, -0.05) is 35.1 Å². The molecule has 9 heteroatoms. The summed E-state index contributed by atoms with van der Waals surface area (Å²) in [7, 11) is 4.38. The second-order valence-corrected chi connectivity index (χ2v) is 7.48. The number of benzene rings is 2. The molecule has 152 valence electrons. The third kappa shape index (κ3) is 4.78. The number of hydrogen-bond donors (Lipinski definition) is 0. The number of amides is 1. The first kappa shape index (κ1) is 20.9. The van der Waals surface area contributed by atoms with Gasteiger partial charge in [-0.15, -0.1) is 0 Å². The molecule has 0 aliphatic rings. The Hall–Kier alpha value is -2.84. The normalized spacial score (nSPS) is 11.5. The monoisotopic (exact) mass is 434 g/mol. The highest BCUT2D eigenvalue weighted by atomic mass is 35.5. The van der Waals surface area contributed by atoms with Crippen molar-refractivity contribution in [3.63, 3.8) is 0 Å². The number of thiazole rings is 1. The number of carbonyl (C=O) groups excluding carboxylic acids is 2. The van der Waals surface area contributed by atoms with Crippen molar-refractivity contribution in [2.45, 2.75) is 13.0 Å². The molecule has 3 rings (SSSR count). The molecule has 1 aromatic heterocycles. The van der Waals surface area contributed by atoms with Crippen LogP contribution in [-0.4, -0.2) is 37.8 Å². The molecule has 3 aromatic rings. The van der Waals surface area contributed by atoms with Gasteiger partial charge in [0.2, 0.25) is 0 Å². The average Bonchev–Trinajstić information content (AvgIpc) is 3.04. The van der Waals surface area contributed by atoms with E-state index in [1.165, 1.54) is 25.6 Å². The molecular weight excluding hydrogens is 416 g/mol. The molecule has 0 unspecified atom stereocenters. The molecule has 0 radical (unpaired) electrons. The van der Waals surface area contributed by atoms with Gasteiger partial charge in [0.25, 0.3) is 5.91 Å². The Morgan fingerprint density at radius 1 is 1.07 bits per heavy atom. The van der Waals surface area contributed by atoms with Gasteiger partial charge >= 0.3 is 5.97 Å². The highest BCUT2D eigenvalue weighted by Gasteiger charge is 2.15. The van der Waals surface area contributed by atoms with Crippen molar-refractivity contribution in [2.24, 2.45) is 4.99 Å². The van der Waals surface area contributed by atoms with Crippen LogP contribution in [0.5, 0.6) is 11.5 Å². The maximum Gasteiger partial charge on any atom is 0.325 e. The highest BCUT2D eigenvalue weighted by Crippen LogP contribution is 2.33. The minimum absolute atomic E-state index is 0.0843. The van der Waals surface area contributed by atoms with Gasteiger partial charge in [-0.3, -0.25) is 9.59 Å². The molecule has 0 bridgehead atoms. The van der Waals surface area contributed by atoms with Crippen LogP contribution in [-0.2, 0) is 27.3 Å². The van der Waals surface area contributed by atoms with E-state index in [1.807, 2.05) is 0 Å². The Bertz CT molecular complexity index is 1120. The molecule has 0 saturated heterocycles. The molecular formula is C20H19ClN2O5S. The van der Waals surface area contributed by atoms with Crippen molar-refractivity contribution in [3.8, 4) is 11.5 Å². The standard InChI is InChI=1S/C20H19ClN2O5S/c1-26-15-9-14-17(10-16(15)27-2)29-20(23(14)11-19(25)28-3)22-18(24)8-12-4-6-13(21)7-5-12/h4-7,9-10H,8,11H2,1-3H3. The summed E-state index contributed by atoms with van der Waals surface area (Å²) in [6.45, 7) is -0.0843. The third-order valence-corrected chi connectivity index (χ3v) is 5.49. The van der Waals surface area contributed by atoms with Crippen molar-refractivity contribution in [2.75, 3.05) is 21.3 Å². The fourth-order valence-corrected chi connectivity index (χ4v) is 3.93. The van der Waals surface area contributed by atoms with Crippen molar-refractivity contribution in [3.05, 3.63) is 51.8 Å². The number of nitrogens with zero attached hydrogens (tertiary/aromatic N) is 2. The van der Waals surface area contributed by atoms with Crippen molar-refractivity contribution in [1.29, 1.82) is 0 Å². The molecule has 7 nitrogen and oxygen atoms in total. The zero-order valence-corrected chi connectivity index (χ0v) is 17.7. The van der Waals surface area contributed by atoms with E-state index >= 15 is 0 Å². The molecule has 0 spiro atoms. The van der Waals surface area contributed by atoms with Gasteiger partial charge in [-0.05, 0) is 17.7 Å². The van der Waals surface area contributed by atoms with Crippen LogP contribution >= 0.6 is 22.9 Å². The molecule has 2 aromatic carbocycles. The number of hydrogen-bond acceptors (Lipinski definition) is 6. The summed E-state index contributed by atoms with van der Waals surface area (Å²) in [5.41, 5.74) is 1.49. The van der Waals surface area contributed by atoms with Crippen LogP contribution < -0.4 is 14.3 Å². The Morgan fingerprint density at radius 3 is 2.34 bits per heavy atom. The van der Waals surface area contributed by atoms with E-state index in [0.717, 1.165) is 10.3 Å². The fraction of sp³-hybridized carbons (Fsp3) is 0.250. The summed E-state index contributed by atoms with van der Waals surface area (Å²) in [5, 5.41) is 0.599. The van der Waals surface area contributed by atoms with E-state index in [0.29, 0.717) is 26.8 Å². The molecule has 0 aliphatic heterocycles. The summed E-state index contributed by atoms with van der Waals surface area (Å²) in [6, 6.07) is 10.5. The van der Waals surface area contributed by atoms with Crippen molar-refractivity contribution < 1.29 is 23.8 Å². The Balaban J connectivity index is 2.07. The van der Waals surface area contributed by atoms with Gasteiger partial charge in [-0.2, -0.15) is 4.99 Å². The maximum absolute atomic E-state index is 12.5. The number of methoxy groups -OCH3 is 3. The van der Waals surface area contributed by atoms with E-state index in [9.17, 15) is 9.59 Å². The summed E-state index contributed by atoms with van der Waals surface area (Å²) in [4.78, 5) is 29.1. The summed E-state index contributed by atoms with van der Waals surface area (Å²) in [6.07, 6.45) is 0.121. The Labute approximate surface area is 176 Å². The third-order valence-electron chi connectivity index (χ3n) is 4.19. The number of carbonyl (C=O) groups is 2. The second kappa shape index (κ2) is 9.11. The maximum atomic E-state index is 12.5. The van der Waals surface area contributed by atoms with Crippen LogP contribution in [0.4, 0.5) is 0 Å². The van der Waals surface area contributed by atoms with Crippen molar-refractivity contribution in [1.82, 2.24) is 4.57 Å². The van der Waals surface area contributed by atoms with E-state index < -0.39 is 5.97 Å². The Kier molecular flexibility index (Phi) is 6.56. The van der Waals surface area contributed by atoms with Gasteiger partial charge in [0.05, 0.1) is 38.0 Å². The van der Waals surface area contributed by atoms with Crippen LogP contribution in [0.2, 0.25) is 5.02 Å². The number of esters is 1. The molecule has 0 atom stereocenters. The second-order valence-electron chi connectivity index (χ2n) is 6.03. The van der Waals surface area contributed by atoms with Crippen LogP contribution in [0.3, 0.4) is 0 Å². The lowest BCUT2D eigenvalue weighted by Crippen LogP contribution is -2.22. The first-order valence-electron chi connectivity index (χ1n) is 8.59. The van der Waals surface area contributed by atoms with Crippen LogP contribution in [0.1, 0.15) is 5.56 Å². The molecule has 0 saturated carbocycles. The lowest BCUT2D eigenvalue weighted by Gasteiger charge is -2.09. The fourth-order valence-electron chi connectivity index (χ4n) is 2.75. The van der Waals surface area contributed by atoms with E-state index in [2.05, 4.69) is 4.99 Å². The first-order valence-corrected chi connectivity index (χ1v) is 9.78. The van der Waals surface area contributed by atoms with E-state index in [4.69, 9.17) is 25.8 Å². The zero-order valence-electron chi connectivity index (χ0n) is 16.1. The largest absolute Gasteiger partial charge is 0.493 e. The number of aromatic nitrogens is 1. The zero-order chi connectivity index (χ0) is 21.0. The SMILES string of the molecule is COC(=O)Cn1c(=NC(=O)Cc2ccc(Cl)cc2)sc2cc(OC)c(OC)cc21. The molecule has 0 aliphatic carbocycles. The number of fused-ring (bicyclic) bond motifs is 1. The molecule has 1 amide bonds. The summed E-state index contributed by atoms with van der Waals surface area (Å²) < 4.78 is 17.9. The van der Waals surface area contributed by atoms with E-state index in [-0.39, 0.29) is 18.9 Å². The molecule has 0 N–H and O–H groups in total. The van der Waals surface area contributed by atoms with Gasteiger partial charge < -0.3 is 18.8 Å². The molecule has 1 heterocycles. The number of halogens is 1. The van der Waals surface area contributed by atoms with Gasteiger partial charge in [0, 0.05) is 17.2 Å². The summed E-state index contributed by atoms with van der Waals surface area (Å²) in [5.74, 6) is 0.267. The van der Waals surface area contributed by atoms with Gasteiger partial charge in [-0.25, -0.2) is 0 Å². The first-order chi connectivity index (χ1) is 13.9. The van der Waals surface area contributed by atoms with Gasteiger partial charge in [0.1, 0.15) is 6.54 Å². The topological polar surface area (TPSA) is 79.1 Å². The van der Waals surface area contributed by atoms with Crippen LogP contribution in [0.15, 0.2) is 41.4 Å². The number of rotatable bonds is 6. The average molecular weight is 435 g/mol. The van der Waals surface area contributed by atoms with E-state index in [1.54, 1.807) is 48.1 Å². The molecule has 29 heavy (non-hydrogen) atoms. The summed E-state index contributed by atoms with van der Waals surface area (Å²) >= 11 is 7.16. The predicted molar refractivity (Wildman–Crippen MR) is 111 cm³/mol. The lowest BCUT2D eigenvalue weighted by atomic mass is 10.1. The van der Waals surface area contributed by atoms with Gasteiger partial charge in [0.15, 0.2) is 16.3 Å². The van der Waals surface area contributed by atoms with Crippen LogP contribution in [0.25, 0.3) is 10.2 Å². The smallest absolute Gasteiger partial charge is 0.325 e. The predicted octanol–water partition coefficient (Wildman–Crippen LogP) is 3.22. The minimum Gasteiger partial charge on any atom is -0.493 e. The molecule has 0 fully saturated rings. The van der Waals surface area contributed by atoms with Crippen molar-refractivity contribution >= 4 is 45.0 Å². The van der Waals surface area contributed by atoms with Crippen LogP contribution in [0, 0.1) is 0 Å².